The Morgan fingerprint density at radius 3 is 2.88 bits per heavy atom. The summed E-state index contributed by atoms with van der Waals surface area (Å²) in [4.78, 5) is 6.53. The first-order valence-electron chi connectivity index (χ1n) is 5.64. The number of hydrogen-bond acceptors (Lipinski definition) is 3. The first-order chi connectivity index (χ1) is 8.08. The molecule has 4 nitrogen and oxygen atoms in total. The first kappa shape index (κ1) is 12.4. The predicted octanol–water partition coefficient (Wildman–Crippen LogP) is 2.33. The molecule has 2 aromatic rings. The van der Waals surface area contributed by atoms with Crippen LogP contribution in [0.15, 0.2) is 22.7 Å². The summed E-state index contributed by atoms with van der Waals surface area (Å²) in [6.45, 7) is 1.95. The molecule has 0 spiro atoms. The van der Waals surface area contributed by atoms with E-state index >= 15 is 0 Å². The lowest BCUT2D eigenvalue weighted by Gasteiger charge is -2.10. The summed E-state index contributed by atoms with van der Waals surface area (Å²) in [6.07, 6.45) is 1.06. The molecule has 0 saturated carbocycles. The molecule has 0 fully saturated rings. The molecular formula is C12H17BrN4. The van der Waals surface area contributed by atoms with Gasteiger partial charge in [-0.25, -0.2) is 4.98 Å². The molecule has 0 aliphatic heterocycles. The van der Waals surface area contributed by atoms with Crippen molar-refractivity contribution in [1.82, 2.24) is 14.5 Å². The van der Waals surface area contributed by atoms with E-state index in [0.717, 1.165) is 35.0 Å². The van der Waals surface area contributed by atoms with Crippen molar-refractivity contribution >= 4 is 32.9 Å². The molecular weight excluding hydrogens is 280 g/mol. The molecule has 0 bridgehead atoms. The molecule has 2 rings (SSSR count). The average Bonchev–Trinajstić information content (AvgIpc) is 2.55. The highest BCUT2D eigenvalue weighted by Gasteiger charge is 2.08. The van der Waals surface area contributed by atoms with Crippen LogP contribution in [0.5, 0.6) is 0 Å². The number of rotatable bonds is 4. The van der Waals surface area contributed by atoms with Gasteiger partial charge in [-0.3, -0.25) is 0 Å². The third kappa shape index (κ3) is 2.79. The van der Waals surface area contributed by atoms with Crippen LogP contribution in [-0.2, 0) is 6.54 Å². The molecule has 0 atom stereocenters. The van der Waals surface area contributed by atoms with Crippen molar-refractivity contribution in [2.45, 2.75) is 13.0 Å². The van der Waals surface area contributed by atoms with Crippen LogP contribution in [0, 0.1) is 0 Å². The molecule has 0 radical (unpaired) electrons. The molecule has 92 valence electrons. The number of hydrogen-bond donors (Lipinski definition) is 1. The SMILES string of the molecule is CN(C)CCCn1c(N)nc2ccc(Br)cc21. The van der Waals surface area contributed by atoms with Gasteiger partial charge in [-0.05, 0) is 45.3 Å². The quantitative estimate of drug-likeness (QED) is 0.942. The van der Waals surface area contributed by atoms with Crippen molar-refractivity contribution in [3.8, 4) is 0 Å². The summed E-state index contributed by atoms with van der Waals surface area (Å²) in [7, 11) is 4.15. The van der Waals surface area contributed by atoms with Crippen LogP contribution >= 0.6 is 15.9 Å². The Bertz CT molecular complexity index is 518. The van der Waals surface area contributed by atoms with Crippen LogP contribution in [-0.4, -0.2) is 35.1 Å². The fourth-order valence-corrected chi connectivity index (χ4v) is 2.24. The largest absolute Gasteiger partial charge is 0.369 e. The molecule has 0 aliphatic carbocycles. The fraction of sp³-hybridized carbons (Fsp3) is 0.417. The number of nitrogens with two attached hydrogens (primary N) is 1. The summed E-state index contributed by atoms with van der Waals surface area (Å²) in [5.41, 5.74) is 7.99. The van der Waals surface area contributed by atoms with Gasteiger partial charge in [-0.2, -0.15) is 0 Å². The number of imidazole rings is 1. The number of nitrogens with zero attached hydrogens (tertiary/aromatic N) is 3. The highest BCUT2D eigenvalue weighted by atomic mass is 79.9. The molecule has 1 heterocycles. The molecule has 2 N–H and O–H groups in total. The van der Waals surface area contributed by atoms with E-state index in [1.807, 2.05) is 12.1 Å². The van der Waals surface area contributed by atoms with Gasteiger partial charge in [0, 0.05) is 11.0 Å². The molecule has 0 amide bonds. The molecule has 0 saturated heterocycles. The van der Waals surface area contributed by atoms with Crippen molar-refractivity contribution in [3.63, 3.8) is 0 Å². The van der Waals surface area contributed by atoms with E-state index in [1.54, 1.807) is 0 Å². The Kier molecular flexibility index (Phi) is 3.69. The van der Waals surface area contributed by atoms with Gasteiger partial charge in [0.15, 0.2) is 0 Å². The van der Waals surface area contributed by atoms with Crippen LogP contribution < -0.4 is 5.73 Å². The lowest BCUT2D eigenvalue weighted by Crippen LogP contribution is -2.15. The summed E-state index contributed by atoms with van der Waals surface area (Å²) in [6, 6.07) is 6.03. The Morgan fingerprint density at radius 2 is 2.18 bits per heavy atom. The van der Waals surface area contributed by atoms with Gasteiger partial charge >= 0.3 is 0 Å². The zero-order chi connectivity index (χ0) is 12.4. The summed E-state index contributed by atoms with van der Waals surface area (Å²) >= 11 is 3.48. The second-order valence-corrected chi connectivity index (χ2v) is 5.33. The third-order valence-corrected chi connectivity index (χ3v) is 3.22. The minimum atomic E-state index is 0.594. The van der Waals surface area contributed by atoms with Crippen LogP contribution in [0.25, 0.3) is 11.0 Å². The van der Waals surface area contributed by atoms with Crippen molar-refractivity contribution < 1.29 is 0 Å². The van der Waals surface area contributed by atoms with Gasteiger partial charge in [0.25, 0.3) is 0 Å². The second-order valence-electron chi connectivity index (χ2n) is 4.41. The molecule has 5 heteroatoms. The Labute approximate surface area is 110 Å². The van der Waals surface area contributed by atoms with Crippen LogP contribution in [0.4, 0.5) is 5.95 Å². The van der Waals surface area contributed by atoms with E-state index in [2.05, 4.69) is 50.5 Å². The van der Waals surface area contributed by atoms with Gasteiger partial charge in [0.2, 0.25) is 5.95 Å². The third-order valence-electron chi connectivity index (χ3n) is 2.73. The normalized spacial score (nSPS) is 11.5. The Balaban J connectivity index is 2.26. The zero-order valence-corrected chi connectivity index (χ0v) is 11.7. The maximum atomic E-state index is 5.94. The van der Waals surface area contributed by atoms with Crippen molar-refractivity contribution in [2.24, 2.45) is 0 Å². The lowest BCUT2D eigenvalue weighted by molar-refractivity contribution is 0.388. The first-order valence-corrected chi connectivity index (χ1v) is 6.43. The molecule has 1 aromatic carbocycles. The van der Waals surface area contributed by atoms with Crippen molar-refractivity contribution in [1.29, 1.82) is 0 Å². The number of aromatic nitrogens is 2. The summed E-state index contributed by atoms with van der Waals surface area (Å²) in [5.74, 6) is 0.594. The van der Waals surface area contributed by atoms with E-state index in [0.29, 0.717) is 5.95 Å². The molecule has 1 aromatic heterocycles. The number of nitrogen functional groups attached to an aromatic ring is 1. The average molecular weight is 297 g/mol. The Morgan fingerprint density at radius 1 is 1.41 bits per heavy atom. The summed E-state index contributed by atoms with van der Waals surface area (Å²) in [5, 5.41) is 0. The van der Waals surface area contributed by atoms with Crippen molar-refractivity contribution in [2.75, 3.05) is 26.4 Å². The summed E-state index contributed by atoms with van der Waals surface area (Å²) < 4.78 is 3.13. The smallest absolute Gasteiger partial charge is 0.201 e. The maximum Gasteiger partial charge on any atom is 0.201 e. The predicted molar refractivity (Wildman–Crippen MR) is 75.0 cm³/mol. The lowest BCUT2D eigenvalue weighted by atomic mass is 10.3. The van der Waals surface area contributed by atoms with Gasteiger partial charge in [0.1, 0.15) is 0 Å². The Hall–Kier alpha value is -1.07. The van der Waals surface area contributed by atoms with E-state index in [-0.39, 0.29) is 0 Å². The van der Waals surface area contributed by atoms with Gasteiger partial charge < -0.3 is 15.2 Å². The number of halogens is 1. The standard InChI is InChI=1S/C12H17BrN4/c1-16(2)6-3-7-17-11-8-9(13)4-5-10(11)15-12(17)14/h4-5,8H,3,6-7H2,1-2H3,(H2,14,15). The number of benzene rings is 1. The highest BCUT2D eigenvalue weighted by molar-refractivity contribution is 9.10. The van der Waals surface area contributed by atoms with Gasteiger partial charge in [0.05, 0.1) is 11.0 Å². The van der Waals surface area contributed by atoms with E-state index in [1.165, 1.54) is 0 Å². The minimum absolute atomic E-state index is 0.594. The molecule has 17 heavy (non-hydrogen) atoms. The van der Waals surface area contributed by atoms with Crippen LogP contribution in [0.3, 0.4) is 0 Å². The number of anilines is 1. The van der Waals surface area contributed by atoms with Crippen LogP contribution in [0.1, 0.15) is 6.42 Å². The van der Waals surface area contributed by atoms with Crippen molar-refractivity contribution in [3.05, 3.63) is 22.7 Å². The van der Waals surface area contributed by atoms with Gasteiger partial charge in [-0.1, -0.05) is 15.9 Å². The minimum Gasteiger partial charge on any atom is -0.369 e. The number of fused-ring (bicyclic) bond motifs is 1. The topological polar surface area (TPSA) is 47.1 Å². The highest BCUT2D eigenvalue weighted by Crippen LogP contribution is 2.22. The zero-order valence-electron chi connectivity index (χ0n) is 10.2. The van der Waals surface area contributed by atoms with Gasteiger partial charge in [-0.15, -0.1) is 0 Å². The van der Waals surface area contributed by atoms with E-state index < -0.39 is 0 Å². The number of aryl methyl sites for hydroxylation is 1. The molecule has 0 aliphatic rings. The maximum absolute atomic E-state index is 5.94. The fourth-order valence-electron chi connectivity index (χ4n) is 1.89. The second kappa shape index (κ2) is 5.06. The molecule has 0 unspecified atom stereocenters. The van der Waals surface area contributed by atoms with E-state index in [9.17, 15) is 0 Å². The monoisotopic (exact) mass is 296 g/mol. The van der Waals surface area contributed by atoms with Crippen LogP contribution in [0.2, 0.25) is 0 Å². The van der Waals surface area contributed by atoms with E-state index in [4.69, 9.17) is 5.73 Å².